The number of hydrogen-bond donors (Lipinski definition) is 1. The van der Waals surface area contributed by atoms with Crippen molar-refractivity contribution in [2.24, 2.45) is 0 Å². The van der Waals surface area contributed by atoms with E-state index >= 15 is 0 Å². The third-order valence-electron chi connectivity index (χ3n) is 3.49. The minimum absolute atomic E-state index is 0.537. The minimum Gasteiger partial charge on any atom is -0.486 e. The molecule has 3 rings (SSSR count). The Hall–Kier alpha value is -1.52. The van der Waals surface area contributed by atoms with Gasteiger partial charge >= 0.3 is 0 Å². The maximum absolute atomic E-state index is 10.9. The first-order valence-corrected chi connectivity index (χ1v) is 7.25. The highest BCUT2D eigenvalue weighted by molar-refractivity contribution is 9.10. The Bertz CT molecular complexity index is 637. The molecular formula is C16H15BrO3. The number of halogens is 1. The molecule has 3 nitrogen and oxygen atoms in total. The molecule has 0 aromatic heterocycles. The third-order valence-corrected chi connectivity index (χ3v) is 3.98. The average Bonchev–Trinajstić information content (AvgIpc) is 2.46. The molecule has 0 saturated carbocycles. The molecule has 1 N–H and O–H groups in total. The Morgan fingerprint density at radius 1 is 1.00 bits per heavy atom. The van der Waals surface area contributed by atoms with Crippen LogP contribution in [-0.2, 0) is 5.60 Å². The molecule has 1 heterocycles. The molecule has 0 amide bonds. The van der Waals surface area contributed by atoms with E-state index in [4.69, 9.17) is 9.47 Å². The molecule has 4 heteroatoms. The van der Waals surface area contributed by atoms with Crippen LogP contribution in [0, 0.1) is 0 Å². The average molecular weight is 335 g/mol. The van der Waals surface area contributed by atoms with Gasteiger partial charge in [0.15, 0.2) is 11.5 Å². The van der Waals surface area contributed by atoms with Gasteiger partial charge in [-0.3, -0.25) is 0 Å². The van der Waals surface area contributed by atoms with Crippen molar-refractivity contribution in [3.05, 3.63) is 58.1 Å². The zero-order valence-corrected chi connectivity index (χ0v) is 12.7. The molecule has 0 aliphatic carbocycles. The summed E-state index contributed by atoms with van der Waals surface area (Å²) >= 11 is 3.43. The van der Waals surface area contributed by atoms with Gasteiger partial charge in [-0.15, -0.1) is 0 Å². The maximum atomic E-state index is 10.9. The largest absolute Gasteiger partial charge is 0.486 e. The number of hydrogen-bond acceptors (Lipinski definition) is 3. The number of ether oxygens (including phenoxy) is 2. The van der Waals surface area contributed by atoms with Crippen molar-refractivity contribution in [1.82, 2.24) is 0 Å². The van der Waals surface area contributed by atoms with E-state index in [9.17, 15) is 5.11 Å². The minimum atomic E-state index is -1.08. The van der Waals surface area contributed by atoms with Crippen LogP contribution in [0.1, 0.15) is 18.1 Å². The first-order chi connectivity index (χ1) is 9.57. The molecule has 2 aromatic carbocycles. The Balaban J connectivity index is 2.02. The van der Waals surface area contributed by atoms with Crippen LogP contribution in [0.5, 0.6) is 11.5 Å². The third kappa shape index (κ3) is 2.41. The summed E-state index contributed by atoms with van der Waals surface area (Å²) in [6.45, 7) is 2.88. The molecule has 0 bridgehead atoms. The summed E-state index contributed by atoms with van der Waals surface area (Å²) < 4.78 is 12.0. The van der Waals surface area contributed by atoms with Gasteiger partial charge in [-0.25, -0.2) is 0 Å². The van der Waals surface area contributed by atoms with E-state index < -0.39 is 5.60 Å². The van der Waals surface area contributed by atoms with E-state index in [1.165, 1.54) is 0 Å². The number of fused-ring (bicyclic) bond motifs is 1. The van der Waals surface area contributed by atoms with Crippen LogP contribution >= 0.6 is 15.9 Å². The van der Waals surface area contributed by atoms with Crippen molar-refractivity contribution in [2.45, 2.75) is 12.5 Å². The van der Waals surface area contributed by atoms with Crippen molar-refractivity contribution in [3.63, 3.8) is 0 Å². The van der Waals surface area contributed by atoms with Gasteiger partial charge in [0.2, 0.25) is 0 Å². The second kappa shape index (κ2) is 5.11. The van der Waals surface area contributed by atoms with E-state index in [0.717, 1.165) is 21.3 Å². The molecule has 2 aromatic rings. The molecule has 1 atom stereocenters. The van der Waals surface area contributed by atoms with Crippen LogP contribution in [0.4, 0.5) is 0 Å². The smallest absolute Gasteiger partial charge is 0.161 e. The molecule has 1 unspecified atom stereocenters. The van der Waals surface area contributed by atoms with Gasteiger partial charge < -0.3 is 14.6 Å². The van der Waals surface area contributed by atoms with E-state index in [-0.39, 0.29) is 0 Å². The normalized spacial score (nSPS) is 16.6. The predicted octanol–water partition coefficient (Wildman–Crippen LogP) is 3.48. The predicted molar refractivity (Wildman–Crippen MR) is 80.2 cm³/mol. The fraction of sp³-hybridized carbons (Fsp3) is 0.250. The summed E-state index contributed by atoms with van der Waals surface area (Å²) in [5, 5.41) is 10.9. The molecular weight excluding hydrogens is 320 g/mol. The second-order valence-electron chi connectivity index (χ2n) is 4.94. The number of aliphatic hydroxyl groups is 1. The first-order valence-electron chi connectivity index (χ1n) is 6.46. The van der Waals surface area contributed by atoms with E-state index in [0.29, 0.717) is 19.0 Å². The summed E-state index contributed by atoms with van der Waals surface area (Å²) in [5.41, 5.74) is 0.517. The molecule has 20 heavy (non-hydrogen) atoms. The van der Waals surface area contributed by atoms with Crippen molar-refractivity contribution < 1.29 is 14.6 Å². The molecule has 0 spiro atoms. The fourth-order valence-electron chi connectivity index (χ4n) is 2.30. The SMILES string of the molecule is CC(O)(c1cccc(Br)c1)c1ccc2c(c1)OCCO2. The van der Waals surface area contributed by atoms with Crippen molar-refractivity contribution in [1.29, 1.82) is 0 Å². The van der Waals surface area contributed by atoms with Gasteiger partial charge in [-0.2, -0.15) is 0 Å². The van der Waals surface area contributed by atoms with Gasteiger partial charge in [-0.05, 0) is 42.3 Å². The Morgan fingerprint density at radius 2 is 1.70 bits per heavy atom. The first kappa shape index (κ1) is 13.5. The van der Waals surface area contributed by atoms with E-state index in [1.807, 2.05) is 42.5 Å². The van der Waals surface area contributed by atoms with Crippen molar-refractivity contribution in [2.75, 3.05) is 13.2 Å². The van der Waals surface area contributed by atoms with Gasteiger partial charge in [0, 0.05) is 4.47 Å². The summed E-state index contributed by atoms with van der Waals surface area (Å²) in [4.78, 5) is 0. The standard InChI is InChI=1S/C16H15BrO3/c1-16(18,11-3-2-4-13(17)9-11)12-5-6-14-15(10-12)20-8-7-19-14/h2-6,9-10,18H,7-8H2,1H3. The second-order valence-corrected chi connectivity index (χ2v) is 5.86. The zero-order valence-electron chi connectivity index (χ0n) is 11.1. The number of rotatable bonds is 2. The summed E-state index contributed by atoms with van der Waals surface area (Å²) in [7, 11) is 0. The molecule has 0 radical (unpaired) electrons. The highest BCUT2D eigenvalue weighted by Crippen LogP contribution is 2.37. The van der Waals surface area contributed by atoms with Gasteiger partial charge in [-0.1, -0.05) is 34.1 Å². The van der Waals surface area contributed by atoms with Crippen LogP contribution in [0.2, 0.25) is 0 Å². The lowest BCUT2D eigenvalue weighted by molar-refractivity contribution is 0.101. The van der Waals surface area contributed by atoms with Crippen LogP contribution in [0.25, 0.3) is 0 Å². The Labute approximate surface area is 126 Å². The lowest BCUT2D eigenvalue weighted by Crippen LogP contribution is -2.23. The topological polar surface area (TPSA) is 38.7 Å². The van der Waals surface area contributed by atoms with Gasteiger partial charge in [0.1, 0.15) is 18.8 Å². The summed E-state index contributed by atoms with van der Waals surface area (Å²) in [6.07, 6.45) is 0. The van der Waals surface area contributed by atoms with Crippen molar-refractivity contribution in [3.8, 4) is 11.5 Å². The molecule has 104 valence electrons. The highest BCUT2D eigenvalue weighted by Gasteiger charge is 2.27. The maximum Gasteiger partial charge on any atom is 0.161 e. The Kier molecular flexibility index (Phi) is 3.44. The summed E-state index contributed by atoms with van der Waals surface area (Å²) in [6, 6.07) is 13.2. The quantitative estimate of drug-likeness (QED) is 0.913. The lowest BCUT2D eigenvalue weighted by Gasteiger charge is -2.27. The van der Waals surface area contributed by atoms with Crippen LogP contribution in [0.15, 0.2) is 46.9 Å². The van der Waals surface area contributed by atoms with Crippen LogP contribution in [-0.4, -0.2) is 18.3 Å². The van der Waals surface area contributed by atoms with Crippen molar-refractivity contribution >= 4 is 15.9 Å². The highest BCUT2D eigenvalue weighted by atomic mass is 79.9. The van der Waals surface area contributed by atoms with E-state index in [1.54, 1.807) is 6.92 Å². The monoisotopic (exact) mass is 334 g/mol. The fourth-order valence-corrected chi connectivity index (χ4v) is 2.70. The van der Waals surface area contributed by atoms with Crippen LogP contribution < -0.4 is 9.47 Å². The summed E-state index contributed by atoms with van der Waals surface area (Å²) in [5.74, 6) is 1.41. The lowest BCUT2D eigenvalue weighted by atomic mass is 9.88. The van der Waals surface area contributed by atoms with Gasteiger partial charge in [0.05, 0.1) is 0 Å². The molecule has 0 fully saturated rings. The molecule has 1 aliphatic heterocycles. The number of benzene rings is 2. The molecule has 1 aliphatic rings. The van der Waals surface area contributed by atoms with Gasteiger partial charge in [0.25, 0.3) is 0 Å². The zero-order chi connectivity index (χ0) is 14.2. The van der Waals surface area contributed by atoms with Crippen LogP contribution in [0.3, 0.4) is 0 Å². The Morgan fingerprint density at radius 3 is 2.45 bits per heavy atom. The van der Waals surface area contributed by atoms with E-state index in [2.05, 4.69) is 15.9 Å². The molecule has 0 saturated heterocycles.